The summed E-state index contributed by atoms with van der Waals surface area (Å²) in [7, 11) is 0. The van der Waals surface area contributed by atoms with Crippen molar-refractivity contribution in [1.29, 1.82) is 0 Å². The van der Waals surface area contributed by atoms with E-state index in [0.29, 0.717) is 0 Å². The average molecular weight is 556 g/mol. The molecular weight excluding hydrogens is 531 g/mol. The fourth-order valence-corrected chi connectivity index (χ4v) is 18.3. The standard InChI is InChI=1S/C19H25NO2S8/c1-10-12-13(11(2)20(10)16(21)22-17(3,4)5)28-18(23-6,27-12)19(24-7)29-14-15(30-19)26-9-8-25-14/h8-9H2,1-7H3. The van der Waals surface area contributed by atoms with Gasteiger partial charge in [0.25, 0.3) is 0 Å². The second-order valence-electron chi connectivity index (χ2n) is 7.85. The fraction of sp³-hybridized carbons (Fsp3) is 0.632. The summed E-state index contributed by atoms with van der Waals surface area (Å²) in [5.74, 6) is 2.40. The maximum absolute atomic E-state index is 12.9. The molecule has 0 aromatic carbocycles. The first-order valence-electron chi connectivity index (χ1n) is 9.38. The van der Waals surface area contributed by atoms with Crippen molar-refractivity contribution in [2.24, 2.45) is 0 Å². The minimum Gasteiger partial charge on any atom is -0.443 e. The Kier molecular flexibility index (Phi) is 7.18. The monoisotopic (exact) mass is 555 g/mol. The normalized spacial score (nSPS) is 22.2. The van der Waals surface area contributed by atoms with Crippen molar-refractivity contribution < 1.29 is 9.53 Å². The van der Waals surface area contributed by atoms with Gasteiger partial charge in [0, 0.05) is 32.7 Å². The number of hydrogen-bond donors (Lipinski definition) is 0. The zero-order chi connectivity index (χ0) is 21.9. The Morgan fingerprint density at radius 3 is 1.73 bits per heavy atom. The summed E-state index contributed by atoms with van der Waals surface area (Å²) in [6, 6.07) is 0. The van der Waals surface area contributed by atoms with Gasteiger partial charge in [-0.1, -0.05) is 47.0 Å². The molecule has 0 fully saturated rings. The van der Waals surface area contributed by atoms with Crippen molar-refractivity contribution in [2.75, 3.05) is 24.0 Å². The second kappa shape index (κ2) is 8.82. The molecule has 0 unspecified atom stereocenters. The first-order chi connectivity index (χ1) is 14.1. The third kappa shape index (κ3) is 4.03. The highest BCUT2D eigenvalue weighted by Crippen LogP contribution is 2.80. The van der Waals surface area contributed by atoms with Gasteiger partial charge < -0.3 is 4.74 Å². The summed E-state index contributed by atoms with van der Waals surface area (Å²) in [5.41, 5.74) is 1.49. The molecule has 0 saturated heterocycles. The SMILES string of the molecule is CSC1(C2(SC)Sc3c(c(C)n(C(=O)OC(C)(C)C)c3C)S2)SC2=C(SCCS2)S1. The van der Waals surface area contributed by atoms with Crippen molar-refractivity contribution in [3.8, 4) is 0 Å². The summed E-state index contributed by atoms with van der Waals surface area (Å²) >= 11 is 15.9. The average Bonchev–Trinajstić information content (AvgIpc) is 3.32. The van der Waals surface area contributed by atoms with E-state index in [1.807, 2.05) is 91.3 Å². The summed E-state index contributed by atoms with van der Waals surface area (Å²) in [6.45, 7) is 9.84. The first kappa shape index (κ1) is 24.4. The Labute approximate surface area is 213 Å². The molecule has 166 valence electrons. The van der Waals surface area contributed by atoms with Gasteiger partial charge in [-0.15, -0.1) is 47.0 Å². The number of aromatic nitrogens is 1. The summed E-state index contributed by atoms with van der Waals surface area (Å²) in [4.78, 5) is 15.3. The number of carbonyl (C=O) groups is 1. The van der Waals surface area contributed by atoms with Crippen LogP contribution in [0.3, 0.4) is 0 Å². The molecule has 4 heterocycles. The highest BCUT2D eigenvalue weighted by atomic mass is 32.3. The Morgan fingerprint density at radius 2 is 1.33 bits per heavy atom. The van der Waals surface area contributed by atoms with Gasteiger partial charge >= 0.3 is 6.09 Å². The van der Waals surface area contributed by atoms with E-state index in [4.69, 9.17) is 4.74 Å². The lowest BCUT2D eigenvalue weighted by Crippen LogP contribution is -2.36. The number of hydrogen-bond acceptors (Lipinski definition) is 10. The van der Waals surface area contributed by atoms with Crippen LogP contribution in [0, 0.1) is 13.8 Å². The predicted molar refractivity (Wildman–Crippen MR) is 147 cm³/mol. The molecule has 0 N–H and O–H groups in total. The summed E-state index contributed by atoms with van der Waals surface area (Å²) in [6.07, 6.45) is 4.20. The third-order valence-electron chi connectivity index (χ3n) is 4.67. The van der Waals surface area contributed by atoms with E-state index in [1.165, 1.54) is 29.8 Å². The molecule has 3 nitrogen and oxygen atoms in total. The fourth-order valence-electron chi connectivity index (χ4n) is 3.36. The zero-order valence-electron chi connectivity index (χ0n) is 17.9. The van der Waals surface area contributed by atoms with Crippen LogP contribution in [-0.4, -0.2) is 47.1 Å². The largest absolute Gasteiger partial charge is 0.443 e. The molecule has 3 aliphatic rings. The molecule has 0 saturated carbocycles. The van der Waals surface area contributed by atoms with Crippen LogP contribution in [-0.2, 0) is 4.74 Å². The summed E-state index contributed by atoms with van der Waals surface area (Å²) in [5, 5.41) is 0. The van der Waals surface area contributed by atoms with Crippen LogP contribution in [0.2, 0.25) is 0 Å². The number of nitrogens with zero attached hydrogens (tertiary/aromatic N) is 1. The number of rotatable bonds is 3. The van der Waals surface area contributed by atoms with Gasteiger partial charge in [-0.2, -0.15) is 0 Å². The number of thioether (sulfide) groups is 8. The Bertz CT molecular complexity index is 869. The van der Waals surface area contributed by atoms with E-state index < -0.39 is 5.60 Å². The minimum atomic E-state index is -0.506. The summed E-state index contributed by atoms with van der Waals surface area (Å²) < 4.78 is 10.4. The number of fused-ring (bicyclic) bond motifs is 1. The maximum atomic E-state index is 12.9. The molecule has 0 bridgehead atoms. The lowest BCUT2D eigenvalue weighted by atomic mass is 10.2. The minimum absolute atomic E-state index is 0.00158. The quantitative estimate of drug-likeness (QED) is 0.363. The van der Waals surface area contributed by atoms with Crippen LogP contribution in [0.25, 0.3) is 0 Å². The van der Waals surface area contributed by atoms with Gasteiger partial charge in [0.2, 0.25) is 0 Å². The highest BCUT2D eigenvalue weighted by Gasteiger charge is 2.62. The number of ether oxygens (including phenoxy) is 1. The highest BCUT2D eigenvalue weighted by molar-refractivity contribution is 8.50. The van der Waals surface area contributed by atoms with E-state index >= 15 is 0 Å². The molecule has 0 atom stereocenters. The van der Waals surface area contributed by atoms with Crippen molar-refractivity contribution in [3.63, 3.8) is 0 Å². The topological polar surface area (TPSA) is 31.2 Å². The van der Waals surface area contributed by atoms with Crippen LogP contribution in [0.15, 0.2) is 18.3 Å². The van der Waals surface area contributed by atoms with Crippen molar-refractivity contribution in [2.45, 2.75) is 56.8 Å². The van der Waals surface area contributed by atoms with E-state index in [-0.39, 0.29) is 12.9 Å². The molecular formula is C19H25NO2S8. The van der Waals surface area contributed by atoms with Gasteiger partial charge in [-0.25, -0.2) is 4.79 Å². The van der Waals surface area contributed by atoms with Crippen LogP contribution in [0.1, 0.15) is 32.2 Å². The predicted octanol–water partition coefficient (Wildman–Crippen LogP) is 8.21. The molecule has 4 rings (SSSR count). The molecule has 3 aliphatic heterocycles. The molecule has 0 aliphatic carbocycles. The molecule has 0 radical (unpaired) electrons. The van der Waals surface area contributed by atoms with Crippen LogP contribution in [0.4, 0.5) is 4.79 Å². The lowest BCUT2D eigenvalue weighted by molar-refractivity contribution is 0.0530. The van der Waals surface area contributed by atoms with Crippen molar-refractivity contribution >= 4 is 100 Å². The number of carbonyl (C=O) groups excluding carboxylic acids is 1. The molecule has 30 heavy (non-hydrogen) atoms. The smallest absolute Gasteiger partial charge is 0.419 e. The first-order valence-corrected chi connectivity index (χ1v) is 17.1. The Balaban J connectivity index is 1.67. The molecule has 1 aromatic heterocycles. The molecule has 11 heteroatoms. The van der Waals surface area contributed by atoms with Gasteiger partial charge in [0.15, 0.2) is 3.41 Å². The molecule has 1 aromatic rings. The maximum Gasteiger partial charge on any atom is 0.419 e. The van der Waals surface area contributed by atoms with Crippen molar-refractivity contribution in [3.05, 3.63) is 19.9 Å². The van der Waals surface area contributed by atoms with Crippen LogP contribution in [0.5, 0.6) is 0 Å². The van der Waals surface area contributed by atoms with E-state index in [1.54, 1.807) is 4.57 Å². The zero-order valence-corrected chi connectivity index (χ0v) is 24.5. The van der Waals surface area contributed by atoms with Gasteiger partial charge in [0.1, 0.15) is 9.01 Å². The molecule has 0 amide bonds. The molecule has 0 spiro atoms. The van der Waals surface area contributed by atoms with Gasteiger partial charge in [0.05, 0.1) is 8.47 Å². The van der Waals surface area contributed by atoms with Crippen LogP contribution < -0.4 is 0 Å². The van der Waals surface area contributed by atoms with Gasteiger partial charge in [-0.05, 0) is 47.1 Å². The van der Waals surface area contributed by atoms with Crippen molar-refractivity contribution in [1.82, 2.24) is 4.57 Å². The second-order valence-corrected chi connectivity index (χ2v) is 19.1. The Hall–Kier alpha value is 1.29. The van der Waals surface area contributed by atoms with Gasteiger partial charge in [-0.3, -0.25) is 4.57 Å². The van der Waals surface area contributed by atoms with E-state index in [9.17, 15) is 4.79 Å². The third-order valence-corrected chi connectivity index (χ3v) is 19.9. The lowest BCUT2D eigenvalue weighted by Gasteiger charge is -2.41. The van der Waals surface area contributed by atoms with E-state index in [2.05, 4.69) is 49.9 Å². The van der Waals surface area contributed by atoms with Crippen LogP contribution >= 0.6 is 94.1 Å². The van der Waals surface area contributed by atoms with E-state index in [0.717, 1.165) is 11.4 Å². The Morgan fingerprint density at radius 1 is 0.900 bits per heavy atom.